The largest absolute Gasteiger partial charge is 0.475 e. The molecule has 1 unspecified atom stereocenters. The van der Waals surface area contributed by atoms with E-state index in [1.807, 2.05) is 121 Å². The van der Waals surface area contributed by atoms with Gasteiger partial charge in [-0.05, 0) is 30.2 Å². The van der Waals surface area contributed by atoms with E-state index >= 15 is 0 Å². The number of benzene rings is 4. The van der Waals surface area contributed by atoms with E-state index in [0.29, 0.717) is 16.8 Å². The Morgan fingerprint density at radius 1 is 0.706 bits per heavy atom. The maximum absolute atomic E-state index is 13.9. The lowest BCUT2D eigenvalue weighted by Crippen LogP contribution is -2.46. The molecule has 1 heterocycles. The highest BCUT2D eigenvalue weighted by Gasteiger charge is 2.52. The average molecular weight is 448 g/mol. The van der Waals surface area contributed by atoms with E-state index in [1.165, 1.54) is 4.90 Å². The molecule has 1 aliphatic rings. The molecular weight excluding hydrogens is 422 g/mol. The smallest absolute Gasteiger partial charge is 0.296 e. The van der Waals surface area contributed by atoms with Crippen LogP contribution < -0.4 is 4.90 Å². The third kappa shape index (κ3) is 3.68. The summed E-state index contributed by atoms with van der Waals surface area (Å²) in [6, 6.07) is 38.0. The summed E-state index contributed by atoms with van der Waals surface area (Å²) in [5, 5.41) is 12.1. The van der Waals surface area contributed by atoms with Crippen LogP contribution in [-0.2, 0) is 15.3 Å². The van der Waals surface area contributed by atoms with E-state index < -0.39 is 11.8 Å². The Morgan fingerprint density at radius 2 is 1.15 bits per heavy atom. The standard InChI is InChI=1S/C30H25NO3/c1-22-27(34-28(23-14-6-2-7-15-23)24-16-8-3-9-17-24)29(32)31(26-20-12-5-13-21-26)30(22,33)25-18-10-4-11-19-25/h2-21,28,33H,1H3. The molecule has 4 aromatic carbocycles. The number of amides is 1. The highest BCUT2D eigenvalue weighted by molar-refractivity contribution is 6.09. The summed E-state index contributed by atoms with van der Waals surface area (Å²) >= 11 is 0. The molecule has 0 aliphatic carbocycles. The molecule has 0 aromatic heterocycles. The van der Waals surface area contributed by atoms with Gasteiger partial charge in [0, 0.05) is 16.8 Å². The highest BCUT2D eigenvalue weighted by Crippen LogP contribution is 2.46. The Hall–Kier alpha value is -4.15. The number of hydrogen-bond donors (Lipinski definition) is 1. The van der Waals surface area contributed by atoms with Crippen LogP contribution in [-0.4, -0.2) is 11.0 Å². The average Bonchev–Trinajstić information content (AvgIpc) is 3.10. The fraction of sp³-hybridized carbons (Fsp3) is 0.100. The van der Waals surface area contributed by atoms with Crippen LogP contribution in [0.2, 0.25) is 0 Å². The predicted molar refractivity (Wildman–Crippen MR) is 133 cm³/mol. The molecule has 5 rings (SSSR count). The number of aliphatic hydroxyl groups is 1. The molecule has 0 saturated heterocycles. The van der Waals surface area contributed by atoms with Crippen molar-refractivity contribution in [3.05, 3.63) is 149 Å². The number of rotatable bonds is 6. The summed E-state index contributed by atoms with van der Waals surface area (Å²) in [5.41, 5.74) is 1.80. The quantitative estimate of drug-likeness (QED) is 0.397. The fourth-order valence-electron chi connectivity index (χ4n) is 4.47. The zero-order chi connectivity index (χ0) is 23.5. The molecule has 1 aliphatic heterocycles. The minimum Gasteiger partial charge on any atom is -0.475 e. The number of carbonyl (C=O) groups is 1. The lowest BCUT2D eigenvalue weighted by atomic mass is 9.95. The molecule has 168 valence electrons. The van der Waals surface area contributed by atoms with E-state index in [-0.39, 0.29) is 11.7 Å². The molecule has 0 bridgehead atoms. The van der Waals surface area contributed by atoms with Gasteiger partial charge in [0.05, 0.1) is 0 Å². The van der Waals surface area contributed by atoms with Gasteiger partial charge in [-0.3, -0.25) is 9.69 Å². The van der Waals surface area contributed by atoms with Crippen LogP contribution in [0.1, 0.15) is 29.7 Å². The zero-order valence-electron chi connectivity index (χ0n) is 18.8. The number of ether oxygens (including phenoxy) is 1. The van der Waals surface area contributed by atoms with E-state index in [1.54, 1.807) is 6.92 Å². The normalized spacial score (nSPS) is 18.0. The third-order valence-electron chi connectivity index (χ3n) is 6.22. The number of para-hydroxylation sites is 1. The van der Waals surface area contributed by atoms with E-state index in [2.05, 4.69) is 0 Å². The summed E-state index contributed by atoms with van der Waals surface area (Å²) in [6.07, 6.45) is -0.507. The minimum absolute atomic E-state index is 0.146. The first-order valence-electron chi connectivity index (χ1n) is 11.3. The van der Waals surface area contributed by atoms with Crippen molar-refractivity contribution in [2.45, 2.75) is 18.8 Å². The summed E-state index contributed by atoms with van der Waals surface area (Å²) in [5.74, 6) is -0.236. The fourth-order valence-corrected chi connectivity index (χ4v) is 4.47. The van der Waals surface area contributed by atoms with Gasteiger partial charge in [0.25, 0.3) is 5.91 Å². The molecule has 34 heavy (non-hydrogen) atoms. The van der Waals surface area contributed by atoms with Gasteiger partial charge in [-0.2, -0.15) is 0 Å². The van der Waals surface area contributed by atoms with Gasteiger partial charge >= 0.3 is 0 Å². The Kier molecular flexibility index (Phi) is 5.74. The predicted octanol–water partition coefficient (Wildman–Crippen LogP) is 5.96. The van der Waals surface area contributed by atoms with Crippen LogP contribution in [0.4, 0.5) is 5.69 Å². The molecule has 1 amide bonds. The highest BCUT2D eigenvalue weighted by atomic mass is 16.5. The van der Waals surface area contributed by atoms with Crippen LogP contribution in [0, 0.1) is 0 Å². The molecule has 4 heteroatoms. The second-order valence-corrected chi connectivity index (χ2v) is 8.29. The van der Waals surface area contributed by atoms with Crippen LogP contribution in [0.3, 0.4) is 0 Å². The van der Waals surface area contributed by atoms with Crippen molar-refractivity contribution in [3.8, 4) is 0 Å². The molecule has 0 radical (unpaired) electrons. The molecule has 4 nitrogen and oxygen atoms in total. The van der Waals surface area contributed by atoms with Crippen molar-refractivity contribution in [1.82, 2.24) is 0 Å². The summed E-state index contributed by atoms with van der Waals surface area (Å²) < 4.78 is 6.51. The van der Waals surface area contributed by atoms with E-state index in [9.17, 15) is 9.90 Å². The minimum atomic E-state index is -1.67. The first-order valence-corrected chi connectivity index (χ1v) is 11.3. The summed E-state index contributed by atoms with van der Waals surface area (Å²) in [4.78, 5) is 15.3. The van der Waals surface area contributed by atoms with E-state index in [0.717, 1.165) is 11.1 Å². The number of nitrogens with zero attached hydrogens (tertiary/aromatic N) is 1. The second-order valence-electron chi connectivity index (χ2n) is 8.29. The first kappa shape index (κ1) is 21.7. The molecule has 1 N–H and O–H groups in total. The first-order chi connectivity index (χ1) is 16.6. The Labute approximate surface area is 199 Å². The third-order valence-corrected chi connectivity index (χ3v) is 6.22. The van der Waals surface area contributed by atoms with Gasteiger partial charge in [-0.15, -0.1) is 0 Å². The lowest BCUT2D eigenvalue weighted by Gasteiger charge is -2.35. The maximum atomic E-state index is 13.9. The molecule has 0 fully saturated rings. The maximum Gasteiger partial charge on any atom is 0.296 e. The van der Waals surface area contributed by atoms with Gasteiger partial charge in [0.2, 0.25) is 0 Å². The van der Waals surface area contributed by atoms with Crippen LogP contribution in [0.15, 0.2) is 133 Å². The van der Waals surface area contributed by atoms with Crippen molar-refractivity contribution >= 4 is 11.6 Å². The van der Waals surface area contributed by atoms with Gasteiger partial charge < -0.3 is 9.84 Å². The van der Waals surface area contributed by atoms with Crippen molar-refractivity contribution in [2.75, 3.05) is 4.90 Å². The van der Waals surface area contributed by atoms with E-state index in [4.69, 9.17) is 4.74 Å². The molecular formula is C30H25NO3. The topological polar surface area (TPSA) is 49.8 Å². The monoisotopic (exact) mass is 447 g/mol. The Bertz CT molecular complexity index is 1270. The van der Waals surface area contributed by atoms with Crippen molar-refractivity contribution in [1.29, 1.82) is 0 Å². The van der Waals surface area contributed by atoms with Gasteiger partial charge in [0.1, 0.15) is 6.10 Å². The molecule has 1 atom stereocenters. The van der Waals surface area contributed by atoms with Crippen molar-refractivity contribution in [2.24, 2.45) is 0 Å². The Morgan fingerprint density at radius 3 is 1.65 bits per heavy atom. The van der Waals surface area contributed by atoms with Gasteiger partial charge in [-0.25, -0.2) is 0 Å². The lowest BCUT2D eigenvalue weighted by molar-refractivity contribution is -0.120. The number of carbonyl (C=O) groups excluding carboxylic acids is 1. The van der Waals surface area contributed by atoms with Crippen molar-refractivity contribution < 1.29 is 14.6 Å². The molecule has 0 spiro atoms. The SMILES string of the molecule is CC1=C(OC(c2ccccc2)c2ccccc2)C(=O)N(c2ccccc2)C1(O)c1ccccc1. The number of anilines is 1. The zero-order valence-corrected chi connectivity index (χ0v) is 18.8. The Balaban J connectivity index is 1.65. The van der Waals surface area contributed by atoms with Gasteiger partial charge in [-0.1, -0.05) is 109 Å². The summed E-state index contributed by atoms with van der Waals surface area (Å²) in [6.45, 7) is 1.76. The molecule has 0 saturated carbocycles. The number of hydrogen-bond acceptors (Lipinski definition) is 3. The molecule has 4 aromatic rings. The second kappa shape index (κ2) is 9.00. The van der Waals surface area contributed by atoms with Gasteiger partial charge in [0.15, 0.2) is 11.5 Å². The van der Waals surface area contributed by atoms with Crippen LogP contribution in [0.5, 0.6) is 0 Å². The van der Waals surface area contributed by atoms with Crippen LogP contribution in [0.25, 0.3) is 0 Å². The summed E-state index contributed by atoms with van der Waals surface area (Å²) in [7, 11) is 0. The van der Waals surface area contributed by atoms with Crippen molar-refractivity contribution in [3.63, 3.8) is 0 Å². The van der Waals surface area contributed by atoms with Crippen LogP contribution >= 0.6 is 0 Å².